The van der Waals surface area contributed by atoms with Gasteiger partial charge < -0.3 is 5.11 Å². The zero-order chi connectivity index (χ0) is 17.8. The van der Waals surface area contributed by atoms with Crippen LogP contribution >= 0.6 is 0 Å². The van der Waals surface area contributed by atoms with Crippen molar-refractivity contribution in [2.24, 2.45) is 0 Å². The van der Waals surface area contributed by atoms with E-state index in [0.717, 1.165) is 27.8 Å². The van der Waals surface area contributed by atoms with Crippen molar-refractivity contribution in [2.45, 2.75) is 20.4 Å². The fraction of sp³-hybridized carbons (Fsp3) is 0.143. The van der Waals surface area contributed by atoms with Gasteiger partial charge in [-0.05, 0) is 65.9 Å². The molecule has 4 heteroatoms. The highest BCUT2D eigenvalue weighted by molar-refractivity contribution is 5.86. The lowest BCUT2D eigenvalue weighted by Crippen LogP contribution is -2.28. The first kappa shape index (κ1) is 16.7. The number of rotatable bonds is 4. The maximum atomic E-state index is 11.8. The van der Waals surface area contributed by atoms with Crippen molar-refractivity contribution >= 4 is 11.8 Å². The van der Waals surface area contributed by atoms with Crippen LogP contribution in [-0.2, 0) is 6.54 Å². The molecule has 1 heterocycles. The van der Waals surface area contributed by atoms with Crippen molar-refractivity contribution in [3.63, 3.8) is 0 Å². The number of carboxylic acid groups (broad SMARTS) is 1. The fourth-order valence-electron chi connectivity index (χ4n) is 2.94. The summed E-state index contributed by atoms with van der Waals surface area (Å²) in [6.07, 6.45) is 2.58. The lowest BCUT2D eigenvalue weighted by molar-refractivity contribution is 0.201. The van der Waals surface area contributed by atoms with E-state index in [2.05, 4.69) is 4.98 Å². The molecule has 1 amide bonds. The first-order valence-corrected chi connectivity index (χ1v) is 8.11. The quantitative estimate of drug-likeness (QED) is 0.727. The van der Waals surface area contributed by atoms with Crippen LogP contribution in [0.4, 0.5) is 10.5 Å². The Morgan fingerprint density at radius 1 is 1.00 bits per heavy atom. The molecule has 25 heavy (non-hydrogen) atoms. The average Bonchev–Trinajstić information content (AvgIpc) is 2.59. The van der Waals surface area contributed by atoms with Gasteiger partial charge in [0.05, 0.1) is 6.54 Å². The van der Waals surface area contributed by atoms with Crippen molar-refractivity contribution < 1.29 is 9.90 Å². The van der Waals surface area contributed by atoms with Gasteiger partial charge in [-0.1, -0.05) is 30.3 Å². The van der Waals surface area contributed by atoms with E-state index in [1.165, 1.54) is 4.90 Å². The standard InChI is InChI=1S/C21H20N2O2/c1-15-9-16(2)11-20(10-15)23(21(24)25)14-17-5-3-6-18(12-17)19-7-4-8-22-13-19/h3-13H,14H2,1-2H3,(H,24,25). The molecule has 1 aromatic heterocycles. The molecular formula is C21H20N2O2. The molecule has 0 bridgehead atoms. The van der Waals surface area contributed by atoms with Gasteiger partial charge in [0.25, 0.3) is 0 Å². The molecule has 3 rings (SSSR count). The van der Waals surface area contributed by atoms with E-state index in [9.17, 15) is 9.90 Å². The summed E-state index contributed by atoms with van der Waals surface area (Å²) in [5, 5.41) is 9.67. The Morgan fingerprint density at radius 3 is 2.36 bits per heavy atom. The SMILES string of the molecule is Cc1cc(C)cc(N(Cc2cccc(-c3cccnc3)c2)C(=O)O)c1. The number of nitrogens with zero attached hydrogens (tertiary/aromatic N) is 2. The van der Waals surface area contributed by atoms with Gasteiger partial charge in [-0.15, -0.1) is 0 Å². The van der Waals surface area contributed by atoms with Crippen LogP contribution in [0.5, 0.6) is 0 Å². The molecule has 0 aliphatic rings. The highest BCUT2D eigenvalue weighted by atomic mass is 16.4. The van der Waals surface area contributed by atoms with E-state index < -0.39 is 6.09 Å². The second-order valence-electron chi connectivity index (χ2n) is 6.16. The molecule has 126 valence electrons. The minimum absolute atomic E-state index is 0.298. The number of anilines is 1. The van der Waals surface area contributed by atoms with Crippen LogP contribution in [-0.4, -0.2) is 16.2 Å². The number of amides is 1. The maximum absolute atomic E-state index is 11.8. The van der Waals surface area contributed by atoms with Crippen molar-refractivity contribution in [2.75, 3.05) is 4.90 Å². The van der Waals surface area contributed by atoms with Gasteiger partial charge in [0.1, 0.15) is 0 Å². The first-order valence-electron chi connectivity index (χ1n) is 8.11. The van der Waals surface area contributed by atoms with E-state index in [0.29, 0.717) is 12.2 Å². The Kier molecular flexibility index (Phi) is 4.80. The molecule has 0 aliphatic carbocycles. The van der Waals surface area contributed by atoms with Gasteiger partial charge in [0.2, 0.25) is 0 Å². The highest BCUT2D eigenvalue weighted by Gasteiger charge is 2.16. The van der Waals surface area contributed by atoms with Crippen LogP contribution in [0.3, 0.4) is 0 Å². The average molecular weight is 332 g/mol. The summed E-state index contributed by atoms with van der Waals surface area (Å²) in [5.74, 6) is 0. The summed E-state index contributed by atoms with van der Waals surface area (Å²) in [7, 11) is 0. The van der Waals surface area contributed by atoms with Crippen molar-refractivity contribution in [1.82, 2.24) is 4.98 Å². The molecule has 2 aromatic carbocycles. The van der Waals surface area contributed by atoms with Crippen LogP contribution in [0.25, 0.3) is 11.1 Å². The summed E-state index contributed by atoms with van der Waals surface area (Å²) in [5.41, 5.74) is 5.75. The number of aromatic nitrogens is 1. The molecule has 0 saturated carbocycles. The molecule has 4 nitrogen and oxygen atoms in total. The highest BCUT2D eigenvalue weighted by Crippen LogP contribution is 2.24. The van der Waals surface area contributed by atoms with Gasteiger partial charge in [0.15, 0.2) is 0 Å². The smallest absolute Gasteiger partial charge is 0.412 e. The second kappa shape index (κ2) is 7.18. The maximum Gasteiger partial charge on any atom is 0.412 e. The number of carbonyl (C=O) groups is 1. The van der Waals surface area contributed by atoms with Gasteiger partial charge in [-0.2, -0.15) is 0 Å². The number of hydrogen-bond donors (Lipinski definition) is 1. The van der Waals surface area contributed by atoms with Crippen LogP contribution < -0.4 is 4.90 Å². The summed E-state index contributed by atoms with van der Waals surface area (Å²) in [6.45, 7) is 4.24. The summed E-state index contributed by atoms with van der Waals surface area (Å²) in [6, 6.07) is 17.6. The minimum Gasteiger partial charge on any atom is -0.465 e. The lowest BCUT2D eigenvalue weighted by Gasteiger charge is -2.21. The predicted octanol–water partition coefficient (Wildman–Crippen LogP) is 5.05. The molecular weight excluding hydrogens is 312 g/mol. The fourth-order valence-corrected chi connectivity index (χ4v) is 2.94. The Morgan fingerprint density at radius 2 is 1.72 bits per heavy atom. The Hall–Kier alpha value is -3.14. The molecule has 0 aliphatic heterocycles. The Balaban J connectivity index is 1.92. The molecule has 0 spiro atoms. The van der Waals surface area contributed by atoms with Crippen molar-refractivity contribution in [3.05, 3.63) is 83.7 Å². The molecule has 1 N–H and O–H groups in total. The van der Waals surface area contributed by atoms with Crippen molar-refractivity contribution in [1.29, 1.82) is 0 Å². The van der Waals surface area contributed by atoms with Crippen molar-refractivity contribution in [3.8, 4) is 11.1 Å². The monoisotopic (exact) mass is 332 g/mol. The second-order valence-corrected chi connectivity index (χ2v) is 6.16. The number of aryl methyl sites for hydroxylation is 2. The van der Waals surface area contributed by atoms with E-state index in [1.807, 2.05) is 68.4 Å². The first-order chi connectivity index (χ1) is 12.0. The summed E-state index contributed by atoms with van der Waals surface area (Å²) in [4.78, 5) is 17.3. The zero-order valence-electron chi connectivity index (χ0n) is 14.3. The molecule has 0 radical (unpaired) electrons. The van der Waals surface area contributed by atoms with E-state index in [-0.39, 0.29) is 0 Å². The number of hydrogen-bond acceptors (Lipinski definition) is 2. The normalized spacial score (nSPS) is 10.5. The largest absolute Gasteiger partial charge is 0.465 e. The van der Waals surface area contributed by atoms with Gasteiger partial charge in [0, 0.05) is 18.1 Å². The Bertz CT molecular complexity index is 871. The van der Waals surface area contributed by atoms with Crippen LogP contribution in [0.15, 0.2) is 67.0 Å². The van der Waals surface area contributed by atoms with Gasteiger partial charge in [-0.3, -0.25) is 9.88 Å². The van der Waals surface area contributed by atoms with Crippen LogP contribution in [0, 0.1) is 13.8 Å². The van der Waals surface area contributed by atoms with Gasteiger partial charge in [-0.25, -0.2) is 4.79 Å². The van der Waals surface area contributed by atoms with Crippen LogP contribution in [0.2, 0.25) is 0 Å². The van der Waals surface area contributed by atoms with E-state index >= 15 is 0 Å². The minimum atomic E-state index is -0.961. The number of benzene rings is 2. The molecule has 0 unspecified atom stereocenters. The van der Waals surface area contributed by atoms with Crippen LogP contribution in [0.1, 0.15) is 16.7 Å². The third kappa shape index (κ3) is 4.04. The molecule has 0 saturated heterocycles. The lowest BCUT2D eigenvalue weighted by atomic mass is 10.0. The molecule has 0 atom stereocenters. The van der Waals surface area contributed by atoms with E-state index in [1.54, 1.807) is 12.4 Å². The van der Waals surface area contributed by atoms with Gasteiger partial charge >= 0.3 is 6.09 Å². The Labute approximate surface area is 147 Å². The molecule has 3 aromatic rings. The zero-order valence-corrected chi connectivity index (χ0v) is 14.3. The molecule has 0 fully saturated rings. The summed E-state index contributed by atoms with van der Waals surface area (Å²) >= 11 is 0. The summed E-state index contributed by atoms with van der Waals surface area (Å²) < 4.78 is 0. The third-order valence-electron chi connectivity index (χ3n) is 4.01. The number of pyridine rings is 1. The predicted molar refractivity (Wildman–Crippen MR) is 99.8 cm³/mol. The topological polar surface area (TPSA) is 53.4 Å². The van der Waals surface area contributed by atoms with E-state index in [4.69, 9.17) is 0 Å². The third-order valence-corrected chi connectivity index (χ3v) is 4.01.